The number of anilines is 2. The van der Waals surface area contributed by atoms with Crippen molar-refractivity contribution in [2.24, 2.45) is 0 Å². The monoisotopic (exact) mass is 403 g/mol. The molecule has 0 saturated heterocycles. The SMILES string of the molecule is COc1ccc(C2c3c(-c4ccccc4)n[nH]c(=O)c3Nc3nnnn32)cc1OC. The van der Waals surface area contributed by atoms with Gasteiger partial charge in [0.05, 0.1) is 19.9 Å². The van der Waals surface area contributed by atoms with E-state index < -0.39 is 6.04 Å². The molecule has 30 heavy (non-hydrogen) atoms. The summed E-state index contributed by atoms with van der Waals surface area (Å²) in [6.45, 7) is 0. The highest BCUT2D eigenvalue weighted by Gasteiger charge is 2.34. The molecule has 2 aromatic carbocycles. The van der Waals surface area contributed by atoms with Gasteiger partial charge in [0, 0.05) is 11.1 Å². The van der Waals surface area contributed by atoms with Gasteiger partial charge in [-0.15, -0.1) is 0 Å². The van der Waals surface area contributed by atoms with Crippen LogP contribution in [0.1, 0.15) is 17.2 Å². The van der Waals surface area contributed by atoms with Crippen LogP contribution < -0.4 is 20.3 Å². The Morgan fingerprint density at radius 1 is 1.03 bits per heavy atom. The molecule has 4 aromatic rings. The van der Waals surface area contributed by atoms with Crippen LogP contribution in [0, 0.1) is 0 Å². The third kappa shape index (κ3) is 2.69. The number of ether oxygens (including phenoxy) is 2. The number of aromatic nitrogens is 6. The largest absolute Gasteiger partial charge is 0.493 e. The minimum Gasteiger partial charge on any atom is -0.493 e. The molecule has 1 aliphatic heterocycles. The topological polar surface area (TPSA) is 120 Å². The van der Waals surface area contributed by atoms with E-state index in [1.807, 2.05) is 48.5 Å². The van der Waals surface area contributed by atoms with Gasteiger partial charge in [-0.25, -0.2) is 5.10 Å². The van der Waals surface area contributed by atoms with Gasteiger partial charge in [0.1, 0.15) is 11.7 Å². The molecule has 3 heterocycles. The number of benzene rings is 2. The maximum Gasteiger partial charge on any atom is 0.288 e. The molecular weight excluding hydrogens is 386 g/mol. The van der Waals surface area contributed by atoms with E-state index in [-0.39, 0.29) is 5.56 Å². The third-order valence-corrected chi connectivity index (χ3v) is 5.04. The van der Waals surface area contributed by atoms with Gasteiger partial charge < -0.3 is 14.8 Å². The number of hydrogen-bond acceptors (Lipinski definition) is 8. The van der Waals surface area contributed by atoms with E-state index in [1.165, 1.54) is 0 Å². The number of tetrazole rings is 1. The Bertz CT molecular complexity index is 1280. The maximum atomic E-state index is 12.7. The van der Waals surface area contributed by atoms with Crippen molar-refractivity contribution >= 4 is 11.6 Å². The second kappa shape index (κ2) is 6.99. The molecule has 0 spiro atoms. The Morgan fingerprint density at radius 3 is 2.60 bits per heavy atom. The van der Waals surface area contributed by atoms with E-state index in [0.29, 0.717) is 34.4 Å². The van der Waals surface area contributed by atoms with E-state index in [2.05, 4.69) is 31.0 Å². The Labute approximate surface area is 170 Å². The van der Waals surface area contributed by atoms with Crippen molar-refractivity contribution in [3.05, 3.63) is 70.0 Å². The fourth-order valence-electron chi connectivity index (χ4n) is 3.68. The summed E-state index contributed by atoms with van der Waals surface area (Å²) < 4.78 is 12.5. The van der Waals surface area contributed by atoms with Gasteiger partial charge in [-0.1, -0.05) is 41.5 Å². The third-order valence-electron chi connectivity index (χ3n) is 5.04. The molecule has 2 aromatic heterocycles. The van der Waals surface area contributed by atoms with Gasteiger partial charge in [-0.3, -0.25) is 4.79 Å². The zero-order valence-electron chi connectivity index (χ0n) is 16.2. The highest BCUT2D eigenvalue weighted by Crippen LogP contribution is 2.42. The molecule has 1 unspecified atom stereocenters. The average Bonchev–Trinajstić information content (AvgIpc) is 3.26. The van der Waals surface area contributed by atoms with E-state index in [9.17, 15) is 4.79 Å². The maximum absolute atomic E-state index is 12.7. The summed E-state index contributed by atoms with van der Waals surface area (Å²) in [6.07, 6.45) is 0. The second-order valence-electron chi connectivity index (χ2n) is 6.65. The van der Waals surface area contributed by atoms with E-state index in [1.54, 1.807) is 18.9 Å². The summed E-state index contributed by atoms with van der Waals surface area (Å²) in [7, 11) is 3.15. The lowest BCUT2D eigenvalue weighted by Gasteiger charge is -2.28. The minimum atomic E-state index is -0.504. The fraction of sp³-hybridized carbons (Fsp3) is 0.150. The summed E-state index contributed by atoms with van der Waals surface area (Å²) in [5.74, 6) is 1.52. The van der Waals surface area contributed by atoms with Gasteiger partial charge >= 0.3 is 0 Å². The number of methoxy groups -OCH3 is 2. The summed E-state index contributed by atoms with van der Waals surface area (Å²) in [6, 6.07) is 14.7. The molecule has 0 amide bonds. The quantitative estimate of drug-likeness (QED) is 0.468. The first-order valence-electron chi connectivity index (χ1n) is 9.16. The lowest BCUT2D eigenvalue weighted by atomic mass is 9.92. The first kappa shape index (κ1) is 17.9. The van der Waals surface area contributed by atoms with Crippen molar-refractivity contribution in [3.8, 4) is 22.8 Å². The molecule has 5 rings (SSSR count). The van der Waals surface area contributed by atoms with Crippen LogP contribution >= 0.6 is 0 Å². The average molecular weight is 403 g/mol. The van der Waals surface area contributed by atoms with Crippen molar-refractivity contribution < 1.29 is 9.47 Å². The van der Waals surface area contributed by atoms with Crippen LogP contribution in [0.5, 0.6) is 11.5 Å². The Balaban J connectivity index is 1.80. The molecule has 10 nitrogen and oxygen atoms in total. The van der Waals surface area contributed by atoms with Crippen LogP contribution in [-0.4, -0.2) is 44.6 Å². The first-order valence-corrected chi connectivity index (χ1v) is 9.16. The van der Waals surface area contributed by atoms with Crippen LogP contribution in [0.15, 0.2) is 53.3 Å². The Morgan fingerprint density at radius 2 is 1.83 bits per heavy atom. The Hall–Kier alpha value is -4.21. The number of hydrogen-bond donors (Lipinski definition) is 2. The summed E-state index contributed by atoms with van der Waals surface area (Å²) in [5.41, 5.74) is 2.95. The summed E-state index contributed by atoms with van der Waals surface area (Å²) >= 11 is 0. The van der Waals surface area contributed by atoms with Crippen LogP contribution in [0.25, 0.3) is 11.3 Å². The summed E-state index contributed by atoms with van der Waals surface area (Å²) in [5, 5.41) is 21.9. The van der Waals surface area contributed by atoms with E-state index >= 15 is 0 Å². The molecule has 0 radical (unpaired) electrons. The molecule has 0 saturated carbocycles. The number of aromatic amines is 1. The molecule has 2 N–H and O–H groups in total. The molecule has 0 fully saturated rings. The smallest absolute Gasteiger partial charge is 0.288 e. The standard InChI is InChI=1S/C20H17N7O3/c1-29-13-9-8-12(10-14(13)30-2)18-15-16(11-6-4-3-5-7-11)22-23-19(28)17(15)21-20-24-25-26-27(18)20/h3-10,18H,1-2H3,(H,23,28)(H,21,24,26). The molecular formula is C20H17N7O3. The van der Waals surface area contributed by atoms with Crippen LogP contribution in [-0.2, 0) is 0 Å². The van der Waals surface area contributed by atoms with Crippen molar-refractivity contribution in [3.63, 3.8) is 0 Å². The number of nitrogens with zero attached hydrogens (tertiary/aromatic N) is 5. The predicted octanol–water partition coefficient (Wildman–Crippen LogP) is 2.14. The zero-order chi connectivity index (χ0) is 20.7. The molecule has 10 heteroatoms. The lowest BCUT2D eigenvalue weighted by Crippen LogP contribution is -2.29. The fourth-order valence-corrected chi connectivity index (χ4v) is 3.68. The van der Waals surface area contributed by atoms with Gasteiger partial charge in [0.25, 0.3) is 5.56 Å². The second-order valence-corrected chi connectivity index (χ2v) is 6.65. The Kier molecular flexibility index (Phi) is 4.16. The molecule has 1 atom stereocenters. The van der Waals surface area contributed by atoms with Crippen LogP contribution in [0.4, 0.5) is 11.6 Å². The number of nitrogens with one attached hydrogen (secondary N) is 2. The lowest BCUT2D eigenvalue weighted by molar-refractivity contribution is 0.354. The minimum absolute atomic E-state index is 0.353. The highest BCUT2D eigenvalue weighted by atomic mass is 16.5. The summed E-state index contributed by atoms with van der Waals surface area (Å²) in [4.78, 5) is 12.7. The predicted molar refractivity (Wildman–Crippen MR) is 108 cm³/mol. The van der Waals surface area contributed by atoms with Crippen molar-refractivity contribution in [1.82, 2.24) is 30.4 Å². The first-order chi connectivity index (χ1) is 14.7. The normalized spacial score (nSPS) is 14.4. The van der Waals surface area contributed by atoms with Crippen LogP contribution in [0.3, 0.4) is 0 Å². The van der Waals surface area contributed by atoms with E-state index in [4.69, 9.17) is 9.47 Å². The molecule has 0 bridgehead atoms. The molecule has 1 aliphatic rings. The highest BCUT2D eigenvalue weighted by molar-refractivity contribution is 5.75. The van der Waals surface area contributed by atoms with Gasteiger partial charge in [-0.05, 0) is 28.1 Å². The zero-order valence-corrected chi connectivity index (χ0v) is 16.2. The van der Waals surface area contributed by atoms with Crippen molar-refractivity contribution in [2.75, 3.05) is 19.5 Å². The number of H-pyrrole nitrogens is 1. The number of fused-ring (bicyclic) bond motifs is 2. The van der Waals surface area contributed by atoms with Gasteiger partial charge in [0.15, 0.2) is 11.5 Å². The van der Waals surface area contributed by atoms with E-state index in [0.717, 1.165) is 11.1 Å². The molecule has 0 aliphatic carbocycles. The van der Waals surface area contributed by atoms with Crippen molar-refractivity contribution in [1.29, 1.82) is 0 Å². The molecule has 150 valence electrons. The van der Waals surface area contributed by atoms with Crippen molar-refractivity contribution in [2.45, 2.75) is 6.04 Å². The van der Waals surface area contributed by atoms with Gasteiger partial charge in [0.2, 0.25) is 5.95 Å². The van der Waals surface area contributed by atoms with Crippen LogP contribution in [0.2, 0.25) is 0 Å². The van der Waals surface area contributed by atoms with Gasteiger partial charge in [-0.2, -0.15) is 9.78 Å². The number of rotatable bonds is 4.